The molecule has 0 atom stereocenters. The molecule has 0 saturated carbocycles. The maximum Gasteiger partial charge on any atom is 0.409 e. The molecule has 6 nitrogen and oxygen atoms in total. The van der Waals surface area contributed by atoms with E-state index in [0.717, 1.165) is 11.1 Å². The van der Waals surface area contributed by atoms with E-state index in [1.165, 1.54) is 0 Å². The number of anilines is 2. The Labute approximate surface area is 104 Å². The van der Waals surface area contributed by atoms with Gasteiger partial charge in [0.15, 0.2) is 0 Å². The maximum absolute atomic E-state index is 10.6. The molecule has 4 N–H and O–H groups in total. The fourth-order valence-corrected chi connectivity index (χ4v) is 1.75. The van der Waals surface area contributed by atoms with Gasteiger partial charge in [-0.05, 0) is 30.2 Å². The monoisotopic (exact) mass is 246 g/mol. The zero-order valence-corrected chi connectivity index (χ0v) is 9.92. The van der Waals surface area contributed by atoms with E-state index < -0.39 is 6.09 Å². The molecular formula is C12H14N4O2. The van der Waals surface area contributed by atoms with Crippen molar-refractivity contribution in [2.45, 2.75) is 13.5 Å². The first-order valence-corrected chi connectivity index (χ1v) is 5.43. The van der Waals surface area contributed by atoms with E-state index in [0.29, 0.717) is 18.1 Å². The zero-order chi connectivity index (χ0) is 13.1. The van der Waals surface area contributed by atoms with Gasteiger partial charge >= 0.3 is 6.09 Å². The number of carboxylic acid groups (broad SMARTS) is 1. The Morgan fingerprint density at radius 3 is 2.89 bits per heavy atom. The lowest BCUT2D eigenvalue weighted by atomic mass is 10.1. The molecule has 94 valence electrons. The molecule has 2 rings (SSSR count). The van der Waals surface area contributed by atoms with Crippen molar-refractivity contribution < 1.29 is 9.90 Å². The summed E-state index contributed by atoms with van der Waals surface area (Å²) in [7, 11) is 0. The summed E-state index contributed by atoms with van der Waals surface area (Å²) in [6, 6.07) is 7.18. The number of hydrogen-bond acceptors (Lipinski definition) is 3. The average Bonchev–Trinajstić information content (AvgIpc) is 2.69. The summed E-state index contributed by atoms with van der Waals surface area (Å²) in [5, 5.41) is 15.2. The second kappa shape index (κ2) is 4.79. The number of rotatable bonds is 3. The van der Waals surface area contributed by atoms with E-state index >= 15 is 0 Å². The molecule has 1 amide bonds. The molecule has 0 unspecified atom stereocenters. The summed E-state index contributed by atoms with van der Waals surface area (Å²) in [5.41, 5.74) is 8.00. The molecule has 0 spiro atoms. The van der Waals surface area contributed by atoms with E-state index in [-0.39, 0.29) is 0 Å². The largest absolute Gasteiger partial charge is 0.465 e. The van der Waals surface area contributed by atoms with Crippen LogP contribution in [0, 0.1) is 6.92 Å². The van der Waals surface area contributed by atoms with Crippen LogP contribution in [0.25, 0.3) is 0 Å². The number of amides is 1. The highest BCUT2D eigenvalue weighted by Crippen LogP contribution is 2.19. The smallest absolute Gasteiger partial charge is 0.409 e. The van der Waals surface area contributed by atoms with Crippen molar-refractivity contribution >= 4 is 17.6 Å². The van der Waals surface area contributed by atoms with E-state index in [1.54, 1.807) is 29.1 Å². The van der Waals surface area contributed by atoms with Gasteiger partial charge in [0.25, 0.3) is 0 Å². The van der Waals surface area contributed by atoms with Crippen molar-refractivity contribution in [2.75, 3.05) is 11.1 Å². The van der Waals surface area contributed by atoms with Gasteiger partial charge in [-0.25, -0.2) is 4.79 Å². The van der Waals surface area contributed by atoms with Crippen molar-refractivity contribution in [2.24, 2.45) is 0 Å². The van der Waals surface area contributed by atoms with Gasteiger partial charge in [-0.15, -0.1) is 0 Å². The Morgan fingerprint density at radius 2 is 2.28 bits per heavy atom. The molecule has 0 radical (unpaired) electrons. The van der Waals surface area contributed by atoms with Crippen LogP contribution in [0.3, 0.4) is 0 Å². The standard InChI is InChI=1S/C12H14N4O2/c1-8-9(7-16-6-5-11(13)15-16)3-2-4-10(8)14-12(17)18/h2-6,14H,7H2,1H3,(H2,13,15)(H,17,18). The van der Waals surface area contributed by atoms with Crippen molar-refractivity contribution in [3.05, 3.63) is 41.6 Å². The number of carbonyl (C=O) groups is 1. The summed E-state index contributed by atoms with van der Waals surface area (Å²) in [6.45, 7) is 2.42. The Morgan fingerprint density at radius 1 is 1.50 bits per heavy atom. The van der Waals surface area contributed by atoms with E-state index in [9.17, 15) is 4.79 Å². The molecule has 0 aliphatic rings. The van der Waals surface area contributed by atoms with E-state index in [1.807, 2.05) is 13.0 Å². The predicted octanol–water partition coefficient (Wildman–Crippen LogP) is 1.91. The van der Waals surface area contributed by atoms with Crippen LogP contribution in [0.1, 0.15) is 11.1 Å². The number of nitrogen functional groups attached to an aromatic ring is 1. The van der Waals surface area contributed by atoms with Crippen LogP contribution in [0.5, 0.6) is 0 Å². The maximum atomic E-state index is 10.6. The molecule has 1 aromatic heterocycles. The number of benzene rings is 1. The van der Waals surface area contributed by atoms with E-state index in [2.05, 4.69) is 10.4 Å². The van der Waals surface area contributed by atoms with Crippen molar-refractivity contribution in [1.82, 2.24) is 9.78 Å². The second-order valence-electron chi connectivity index (χ2n) is 3.96. The van der Waals surface area contributed by atoms with Crippen molar-refractivity contribution in [3.63, 3.8) is 0 Å². The normalized spacial score (nSPS) is 10.3. The van der Waals surface area contributed by atoms with Crippen molar-refractivity contribution in [3.8, 4) is 0 Å². The van der Waals surface area contributed by atoms with Gasteiger partial charge < -0.3 is 10.8 Å². The van der Waals surface area contributed by atoms with E-state index in [4.69, 9.17) is 10.8 Å². The quantitative estimate of drug-likeness (QED) is 0.771. The van der Waals surface area contributed by atoms with Gasteiger partial charge in [-0.1, -0.05) is 12.1 Å². The fourth-order valence-electron chi connectivity index (χ4n) is 1.75. The Hall–Kier alpha value is -2.50. The SMILES string of the molecule is Cc1c(Cn2ccc(N)n2)cccc1NC(=O)O. The summed E-state index contributed by atoms with van der Waals surface area (Å²) < 4.78 is 1.71. The van der Waals surface area contributed by atoms with Gasteiger partial charge in [0.1, 0.15) is 5.82 Å². The summed E-state index contributed by atoms with van der Waals surface area (Å²) >= 11 is 0. The first kappa shape index (κ1) is 12.0. The molecule has 6 heteroatoms. The molecule has 2 aromatic rings. The Balaban J connectivity index is 2.25. The summed E-state index contributed by atoms with van der Waals surface area (Å²) in [6.07, 6.45) is 0.713. The van der Waals surface area contributed by atoms with Crippen LogP contribution in [-0.2, 0) is 6.54 Å². The Kier molecular flexibility index (Phi) is 3.18. The Bertz CT molecular complexity index is 577. The lowest BCUT2D eigenvalue weighted by Gasteiger charge is -2.11. The second-order valence-corrected chi connectivity index (χ2v) is 3.96. The highest BCUT2D eigenvalue weighted by molar-refractivity contribution is 5.84. The minimum atomic E-state index is -1.07. The lowest BCUT2D eigenvalue weighted by molar-refractivity contribution is 0.209. The van der Waals surface area contributed by atoms with Gasteiger partial charge in [-0.3, -0.25) is 10.00 Å². The number of nitrogens with two attached hydrogens (primary N) is 1. The summed E-state index contributed by atoms with van der Waals surface area (Å²) in [5.74, 6) is 0.465. The highest BCUT2D eigenvalue weighted by Gasteiger charge is 2.07. The van der Waals surface area contributed by atoms with Crippen LogP contribution in [0.4, 0.5) is 16.3 Å². The molecule has 0 aliphatic carbocycles. The molecule has 0 fully saturated rings. The van der Waals surface area contributed by atoms with Crippen LogP contribution in [0.15, 0.2) is 30.5 Å². The number of nitrogens with zero attached hydrogens (tertiary/aromatic N) is 2. The molecule has 18 heavy (non-hydrogen) atoms. The number of nitrogens with one attached hydrogen (secondary N) is 1. The molecule has 1 aromatic carbocycles. The van der Waals surface area contributed by atoms with Gasteiger partial charge in [0.05, 0.1) is 6.54 Å². The molecule has 0 bridgehead atoms. The molecular weight excluding hydrogens is 232 g/mol. The number of hydrogen-bond donors (Lipinski definition) is 3. The predicted molar refractivity (Wildman–Crippen MR) is 68.6 cm³/mol. The summed E-state index contributed by atoms with van der Waals surface area (Å²) in [4.78, 5) is 10.6. The molecule has 0 saturated heterocycles. The lowest BCUT2D eigenvalue weighted by Crippen LogP contribution is -2.10. The highest BCUT2D eigenvalue weighted by atomic mass is 16.4. The first-order chi connectivity index (χ1) is 8.56. The zero-order valence-electron chi connectivity index (χ0n) is 9.92. The average molecular weight is 246 g/mol. The van der Waals surface area contributed by atoms with Crippen LogP contribution in [-0.4, -0.2) is 21.0 Å². The topological polar surface area (TPSA) is 93.2 Å². The third-order valence-electron chi connectivity index (χ3n) is 2.68. The van der Waals surface area contributed by atoms with Gasteiger partial charge in [0.2, 0.25) is 0 Å². The first-order valence-electron chi connectivity index (χ1n) is 5.43. The van der Waals surface area contributed by atoms with Crippen LogP contribution < -0.4 is 11.1 Å². The van der Waals surface area contributed by atoms with Crippen LogP contribution >= 0.6 is 0 Å². The third-order valence-corrected chi connectivity index (χ3v) is 2.68. The van der Waals surface area contributed by atoms with Gasteiger partial charge in [0, 0.05) is 11.9 Å². The molecule has 0 aliphatic heterocycles. The van der Waals surface area contributed by atoms with Crippen molar-refractivity contribution in [1.29, 1.82) is 0 Å². The fraction of sp³-hybridized carbons (Fsp3) is 0.167. The molecule has 1 heterocycles. The minimum Gasteiger partial charge on any atom is -0.465 e. The van der Waals surface area contributed by atoms with Crippen LogP contribution in [0.2, 0.25) is 0 Å². The third kappa shape index (κ3) is 2.60. The van der Waals surface area contributed by atoms with Gasteiger partial charge in [-0.2, -0.15) is 5.10 Å². The number of aromatic nitrogens is 2. The minimum absolute atomic E-state index is 0.465.